The molecule has 210 valence electrons. The average molecular weight is 536 g/mol. The van der Waals surface area contributed by atoms with Crippen LogP contribution in [0.1, 0.15) is 51.4 Å². The Morgan fingerprint density at radius 2 is 1.77 bits per heavy atom. The Kier molecular flexibility index (Phi) is 8.24. The van der Waals surface area contributed by atoms with Crippen molar-refractivity contribution in [2.24, 2.45) is 11.8 Å². The van der Waals surface area contributed by atoms with Crippen molar-refractivity contribution in [1.29, 1.82) is 0 Å². The number of likely N-dealkylation sites (tertiary alicyclic amines) is 1. The van der Waals surface area contributed by atoms with E-state index in [-0.39, 0.29) is 36.9 Å². The third-order valence-electron chi connectivity index (χ3n) is 9.15. The lowest BCUT2D eigenvalue weighted by Crippen LogP contribution is -2.58. The standard InChI is InChI=1S/C31H41N3O5/c1-3-18-32(22-12-7-5-8-13-22)28(36)25-24-16-17-31(39-24)26(25)29(37)34(20-11-21-35)27(31)30(38)33(19-4-2)23-14-9-6-10-15-23/h3-5,7-8,12-13,23-27,35H,1-2,6,9-11,14-21H2/t24-,25+,26-,27?,31?/m0/s1. The zero-order valence-corrected chi connectivity index (χ0v) is 22.7. The smallest absolute Gasteiger partial charge is 0.248 e. The number of carbonyl (C=O) groups excluding carboxylic acids is 3. The molecule has 1 spiro atoms. The van der Waals surface area contributed by atoms with E-state index in [2.05, 4.69) is 13.2 Å². The predicted molar refractivity (Wildman–Crippen MR) is 149 cm³/mol. The highest BCUT2D eigenvalue weighted by Crippen LogP contribution is 2.59. The maximum atomic E-state index is 14.4. The summed E-state index contributed by atoms with van der Waals surface area (Å²) < 4.78 is 6.64. The zero-order valence-electron chi connectivity index (χ0n) is 22.7. The molecule has 4 aliphatic rings. The molecule has 5 rings (SSSR count). The van der Waals surface area contributed by atoms with E-state index in [0.717, 1.165) is 31.4 Å². The van der Waals surface area contributed by atoms with Gasteiger partial charge in [-0.1, -0.05) is 49.6 Å². The van der Waals surface area contributed by atoms with E-state index >= 15 is 0 Å². The van der Waals surface area contributed by atoms with E-state index in [1.165, 1.54) is 6.42 Å². The fourth-order valence-corrected chi connectivity index (χ4v) is 7.54. The van der Waals surface area contributed by atoms with Crippen molar-refractivity contribution in [2.75, 3.05) is 31.1 Å². The molecule has 1 N–H and O–H groups in total. The van der Waals surface area contributed by atoms with Gasteiger partial charge in [-0.3, -0.25) is 14.4 Å². The number of aliphatic hydroxyl groups excluding tert-OH is 1. The molecule has 2 bridgehead atoms. The summed E-state index contributed by atoms with van der Waals surface area (Å²) in [6.07, 6.45) is 9.75. The quantitative estimate of drug-likeness (QED) is 0.439. The fraction of sp³-hybridized carbons (Fsp3) is 0.581. The van der Waals surface area contributed by atoms with E-state index in [9.17, 15) is 19.5 Å². The molecule has 3 amide bonds. The SMILES string of the molecule is C=CCN(C(=O)[C@@H]1[C@@H]2CCC3(O2)C(C(=O)N(CC=C)C2CCCCC2)N(CCCO)C(=O)[C@H]13)c1ccccc1. The van der Waals surface area contributed by atoms with Crippen LogP contribution in [0.2, 0.25) is 0 Å². The second-order valence-corrected chi connectivity index (χ2v) is 11.3. The van der Waals surface area contributed by atoms with Crippen molar-refractivity contribution in [1.82, 2.24) is 9.80 Å². The van der Waals surface area contributed by atoms with Crippen molar-refractivity contribution in [3.8, 4) is 0 Å². The van der Waals surface area contributed by atoms with Crippen LogP contribution in [0.25, 0.3) is 0 Å². The number of fused-ring (bicyclic) bond motifs is 1. The first-order valence-electron chi connectivity index (χ1n) is 14.5. The number of aliphatic hydroxyl groups is 1. The Balaban J connectivity index is 1.51. The van der Waals surface area contributed by atoms with Crippen molar-refractivity contribution in [3.05, 3.63) is 55.6 Å². The molecule has 3 aliphatic heterocycles. The molecule has 39 heavy (non-hydrogen) atoms. The van der Waals surface area contributed by atoms with Crippen LogP contribution in [0.15, 0.2) is 55.6 Å². The fourth-order valence-electron chi connectivity index (χ4n) is 7.54. The minimum Gasteiger partial charge on any atom is -0.396 e. The number of hydrogen-bond donors (Lipinski definition) is 1. The first-order valence-corrected chi connectivity index (χ1v) is 14.5. The molecule has 0 radical (unpaired) electrons. The summed E-state index contributed by atoms with van der Waals surface area (Å²) in [4.78, 5) is 48.0. The van der Waals surface area contributed by atoms with Gasteiger partial charge >= 0.3 is 0 Å². The van der Waals surface area contributed by atoms with Crippen LogP contribution in [0.4, 0.5) is 5.69 Å². The Bertz CT molecular complexity index is 1090. The van der Waals surface area contributed by atoms with Gasteiger partial charge in [0.2, 0.25) is 17.7 Å². The summed E-state index contributed by atoms with van der Waals surface area (Å²) in [5.74, 6) is -1.91. The van der Waals surface area contributed by atoms with Gasteiger partial charge in [0, 0.05) is 38.0 Å². The maximum Gasteiger partial charge on any atom is 0.248 e. The number of rotatable bonds is 11. The minimum atomic E-state index is -1.04. The number of nitrogens with zero attached hydrogens (tertiary/aromatic N) is 3. The molecule has 2 unspecified atom stereocenters. The largest absolute Gasteiger partial charge is 0.396 e. The second-order valence-electron chi connectivity index (χ2n) is 11.3. The molecule has 8 nitrogen and oxygen atoms in total. The number of carbonyl (C=O) groups is 3. The molecule has 1 aliphatic carbocycles. The van der Waals surface area contributed by atoms with Gasteiger partial charge < -0.3 is 24.5 Å². The first kappa shape index (κ1) is 27.6. The van der Waals surface area contributed by atoms with Gasteiger partial charge in [-0.25, -0.2) is 0 Å². The van der Waals surface area contributed by atoms with Gasteiger partial charge in [0.05, 0.1) is 17.9 Å². The Hall–Kier alpha value is -2.97. The summed E-state index contributed by atoms with van der Waals surface area (Å²) in [6, 6.07) is 8.69. The average Bonchev–Trinajstić information content (AvgIpc) is 3.61. The number of hydrogen-bond acceptors (Lipinski definition) is 5. The summed E-state index contributed by atoms with van der Waals surface area (Å²) in [5.41, 5.74) is -0.303. The van der Waals surface area contributed by atoms with E-state index in [1.807, 2.05) is 35.2 Å². The zero-order chi connectivity index (χ0) is 27.6. The number of para-hydroxylation sites is 1. The highest BCUT2D eigenvalue weighted by molar-refractivity contribution is 6.03. The Morgan fingerprint density at radius 3 is 2.44 bits per heavy atom. The normalized spacial score (nSPS) is 29.8. The second kappa shape index (κ2) is 11.6. The van der Waals surface area contributed by atoms with E-state index in [4.69, 9.17) is 4.74 Å². The minimum absolute atomic E-state index is 0.0890. The van der Waals surface area contributed by atoms with Crippen molar-refractivity contribution in [2.45, 2.75) is 75.2 Å². The number of anilines is 1. The Labute approximate surface area is 231 Å². The van der Waals surface area contributed by atoms with Crippen LogP contribution in [0.3, 0.4) is 0 Å². The molecule has 1 saturated carbocycles. The summed E-state index contributed by atoms with van der Waals surface area (Å²) >= 11 is 0. The number of amides is 3. The van der Waals surface area contributed by atoms with Crippen LogP contribution in [0, 0.1) is 11.8 Å². The van der Waals surface area contributed by atoms with Crippen LogP contribution < -0.4 is 4.90 Å². The Morgan fingerprint density at radius 1 is 1.05 bits per heavy atom. The molecule has 4 fully saturated rings. The van der Waals surface area contributed by atoms with Crippen molar-refractivity contribution in [3.63, 3.8) is 0 Å². The number of ether oxygens (including phenoxy) is 1. The lowest BCUT2D eigenvalue weighted by atomic mass is 9.70. The third kappa shape index (κ3) is 4.72. The van der Waals surface area contributed by atoms with E-state index < -0.39 is 29.6 Å². The van der Waals surface area contributed by atoms with E-state index in [1.54, 1.807) is 22.0 Å². The lowest BCUT2D eigenvalue weighted by molar-refractivity contribution is -0.150. The third-order valence-corrected chi connectivity index (χ3v) is 9.15. The van der Waals surface area contributed by atoms with Gasteiger partial charge in [0.25, 0.3) is 0 Å². The summed E-state index contributed by atoms with van der Waals surface area (Å²) in [6.45, 7) is 8.63. The van der Waals surface area contributed by atoms with E-state index in [0.29, 0.717) is 32.4 Å². The molecule has 8 heteroatoms. The lowest BCUT2D eigenvalue weighted by Gasteiger charge is -2.40. The molecule has 1 aromatic rings. The monoisotopic (exact) mass is 535 g/mol. The van der Waals surface area contributed by atoms with Gasteiger partial charge in [0.1, 0.15) is 11.6 Å². The molecule has 3 saturated heterocycles. The van der Waals surface area contributed by atoms with Gasteiger partial charge in [0.15, 0.2) is 0 Å². The predicted octanol–water partition coefficient (Wildman–Crippen LogP) is 3.31. The van der Waals surface area contributed by atoms with Crippen molar-refractivity contribution >= 4 is 23.4 Å². The molecule has 5 atom stereocenters. The molecule has 3 heterocycles. The molecular weight excluding hydrogens is 494 g/mol. The topological polar surface area (TPSA) is 90.4 Å². The number of benzene rings is 1. The highest BCUT2D eigenvalue weighted by atomic mass is 16.5. The van der Waals surface area contributed by atoms with Crippen molar-refractivity contribution < 1.29 is 24.2 Å². The summed E-state index contributed by atoms with van der Waals surface area (Å²) in [7, 11) is 0. The molecular formula is C31H41N3O5. The molecule has 0 aromatic heterocycles. The maximum absolute atomic E-state index is 14.4. The van der Waals surface area contributed by atoms with Crippen LogP contribution >= 0.6 is 0 Å². The molecule has 1 aromatic carbocycles. The van der Waals surface area contributed by atoms with Crippen LogP contribution in [0.5, 0.6) is 0 Å². The van der Waals surface area contributed by atoms with Crippen LogP contribution in [-0.2, 0) is 19.1 Å². The van der Waals surface area contributed by atoms with Crippen LogP contribution in [-0.4, -0.2) is 82.7 Å². The van der Waals surface area contributed by atoms with Gasteiger partial charge in [-0.2, -0.15) is 0 Å². The summed E-state index contributed by atoms with van der Waals surface area (Å²) in [5, 5.41) is 9.62. The first-order chi connectivity index (χ1) is 19.0. The van der Waals surface area contributed by atoms with Gasteiger partial charge in [-0.15, -0.1) is 13.2 Å². The van der Waals surface area contributed by atoms with Gasteiger partial charge in [-0.05, 0) is 44.2 Å². The highest BCUT2D eigenvalue weighted by Gasteiger charge is 2.75.